The first-order valence-corrected chi connectivity index (χ1v) is 6.73. The molecule has 2 N–H and O–H groups in total. The van der Waals surface area contributed by atoms with Crippen molar-refractivity contribution in [1.29, 1.82) is 0 Å². The van der Waals surface area contributed by atoms with Crippen LogP contribution in [-0.2, 0) is 6.54 Å². The number of hydrogen-bond donors (Lipinski definition) is 2. The number of carbonyl (C=O) groups excluding carboxylic acids is 1. The van der Waals surface area contributed by atoms with E-state index in [1.165, 1.54) is 22.3 Å². The number of benzene rings is 2. The summed E-state index contributed by atoms with van der Waals surface area (Å²) in [5, 5.41) is 5.72. The molecule has 2 aromatic rings. The third kappa shape index (κ3) is 3.60. The summed E-state index contributed by atoms with van der Waals surface area (Å²) in [6.07, 6.45) is 0. The van der Waals surface area contributed by atoms with Gasteiger partial charge in [-0.3, -0.25) is 0 Å². The van der Waals surface area contributed by atoms with Gasteiger partial charge in [0.1, 0.15) is 0 Å². The minimum Gasteiger partial charge on any atom is -0.334 e. The Bertz CT molecular complexity index is 583. The number of nitrogens with one attached hydrogen (secondary N) is 2. The number of aryl methyl sites for hydroxylation is 3. The van der Waals surface area contributed by atoms with Gasteiger partial charge in [0.15, 0.2) is 0 Å². The summed E-state index contributed by atoms with van der Waals surface area (Å²) in [6, 6.07) is 13.7. The molecule has 3 nitrogen and oxygen atoms in total. The van der Waals surface area contributed by atoms with Crippen LogP contribution in [0.3, 0.4) is 0 Å². The van der Waals surface area contributed by atoms with Gasteiger partial charge in [-0.1, -0.05) is 35.9 Å². The van der Waals surface area contributed by atoms with E-state index in [1.54, 1.807) is 0 Å². The lowest BCUT2D eigenvalue weighted by atomic mass is 10.0. The maximum absolute atomic E-state index is 11.9. The van der Waals surface area contributed by atoms with Gasteiger partial charge in [-0.05, 0) is 49.6 Å². The highest BCUT2D eigenvalue weighted by Gasteiger charge is 2.05. The lowest BCUT2D eigenvalue weighted by Crippen LogP contribution is -2.28. The molecule has 0 spiro atoms. The molecule has 0 aliphatic carbocycles. The molecule has 104 valence electrons. The van der Waals surface area contributed by atoms with E-state index >= 15 is 0 Å². The van der Waals surface area contributed by atoms with E-state index in [2.05, 4.69) is 36.6 Å². The van der Waals surface area contributed by atoms with Gasteiger partial charge in [0, 0.05) is 12.2 Å². The Balaban J connectivity index is 1.94. The topological polar surface area (TPSA) is 41.1 Å². The van der Waals surface area contributed by atoms with Crippen molar-refractivity contribution >= 4 is 11.7 Å². The Morgan fingerprint density at radius 2 is 1.55 bits per heavy atom. The van der Waals surface area contributed by atoms with Crippen molar-refractivity contribution in [2.24, 2.45) is 0 Å². The fourth-order valence-corrected chi connectivity index (χ4v) is 2.11. The molecular weight excluding hydrogens is 248 g/mol. The van der Waals surface area contributed by atoms with Crippen LogP contribution in [0.1, 0.15) is 22.3 Å². The molecule has 0 fully saturated rings. The molecule has 0 aromatic heterocycles. The molecule has 0 saturated heterocycles. The van der Waals surface area contributed by atoms with Crippen LogP contribution in [0.25, 0.3) is 0 Å². The number of amides is 2. The van der Waals surface area contributed by atoms with Crippen molar-refractivity contribution in [3.63, 3.8) is 0 Å². The smallest absolute Gasteiger partial charge is 0.319 e. The van der Waals surface area contributed by atoms with Gasteiger partial charge in [-0.25, -0.2) is 4.79 Å². The van der Waals surface area contributed by atoms with Crippen LogP contribution in [0.5, 0.6) is 0 Å². The summed E-state index contributed by atoms with van der Waals surface area (Å²) in [6.45, 7) is 6.67. The molecule has 0 atom stereocenters. The molecule has 2 amide bonds. The SMILES string of the molecule is Cc1ccc(NC(=O)NCc2c(C)cccc2C)cc1. The number of carbonyl (C=O) groups is 1. The standard InChI is InChI=1S/C17H20N2O/c1-12-7-9-15(10-8-12)19-17(20)18-11-16-13(2)5-4-6-14(16)3/h4-10H,11H2,1-3H3,(H2,18,19,20). The summed E-state index contributed by atoms with van der Waals surface area (Å²) >= 11 is 0. The van der Waals surface area contributed by atoms with Crippen molar-refractivity contribution < 1.29 is 4.79 Å². The maximum atomic E-state index is 11.9. The number of anilines is 1. The highest BCUT2D eigenvalue weighted by atomic mass is 16.2. The van der Waals surface area contributed by atoms with Crippen molar-refractivity contribution in [3.05, 3.63) is 64.7 Å². The predicted molar refractivity (Wildman–Crippen MR) is 83.0 cm³/mol. The lowest BCUT2D eigenvalue weighted by Gasteiger charge is -2.12. The second-order valence-electron chi connectivity index (χ2n) is 5.04. The first-order chi connectivity index (χ1) is 9.56. The van der Waals surface area contributed by atoms with Crippen LogP contribution >= 0.6 is 0 Å². The highest BCUT2D eigenvalue weighted by molar-refractivity contribution is 5.89. The van der Waals surface area contributed by atoms with Crippen LogP contribution < -0.4 is 10.6 Å². The zero-order valence-electron chi connectivity index (χ0n) is 12.2. The van der Waals surface area contributed by atoms with Crippen LogP contribution in [-0.4, -0.2) is 6.03 Å². The highest BCUT2D eigenvalue weighted by Crippen LogP contribution is 2.13. The van der Waals surface area contributed by atoms with Gasteiger partial charge in [0.2, 0.25) is 0 Å². The van der Waals surface area contributed by atoms with E-state index in [0.29, 0.717) is 6.54 Å². The Hall–Kier alpha value is -2.29. The Morgan fingerprint density at radius 1 is 0.950 bits per heavy atom. The van der Waals surface area contributed by atoms with E-state index in [0.717, 1.165) is 5.69 Å². The van der Waals surface area contributed by atoms with Crippen LogP contribution in [0, 0.1) is 20.8 Å². The van der Waals surface area contributed by atoms with Crippen molar-refractivity contribution in [2.75, 3.05) is 5.32 Å². The van der Waals surface area contributed by atoms with Gasteiger partial charge in [-0.2, -0.15) is 0 Å². The molecule has 0 aliphatic rings. The minimum atomic E-state index is -0.184. The third-order valence-corrected chi connectivity index (χ3v) is 3.38. The second-order valence-corrected chi connectivity index (χ2v) is 5.04. The van der Waals surface area contributed by atoms with Gasteiger partial charge < -0.3 is 10.6 Å². The van der Waals surface area contributed by atoms with Gasteiger partial charge in [0.25, 0.3) is 0 Å². The number of rotatable bonds is 3. The molecular formula is C17H20N2O. The molecule has 0 radical (unpaired) electrons. The molecule has 0 heterocycles. The summed E-state index contributed by atoms with van der Waals surface area (Å²) < 4.78 is 0. The number of hydrogen-bond acceptors (Lipinski definition) is 1. The van der Waals surface area contributed by atoms with E-state index in [4.69, 9.17) is 0 Å². The summed E-state index contributed by atoms with van der Waals surface area (Å²) in [5.74, 6) is 0. The zero-order valence-corrected chi connectivity index (χ0v) is 12.2. The molecule has 2 aromatic carbocycles. The third-order valence-electron chi connectivity index (χ3n) is 3.38. The molecule has 3 heteroatoms. The first-order valence-electron chi connectivity index (χ1n) is 6.73. The lowest BCUT2D eigenvalue weighted by molar-refractivity contribution is 0.251. The largest absolute Gasteiger partial charge is 0.334 e. The van der Waals surface area contributed by atoms with Gasteiger partial charge >= 0.3 is 6.03 Å². The Labute approximate surface area is 120 Å². The van der Waals surface area contributed by atoms with E-state index in [1.807, 2.05) is 37.3 Å². The van der Waals surface area contributed by atoms with Crippen LogP contribution in [0.2, 0.25) is 0 Å². The molecule has 20 heavy (non-hydrogen) atoms. The van der Waals surface area contributed by atoms with Crippen molar-refractivity contribution in [3.8, 4) is 0 Å². The zero-order chi connectivity index (χ0) is 14.5. The average Bonchev–Trinajstić information content (AvgIpc) is 2.41. The fourth-order valence-electron chi connectivity index (χ4n) is 2.11. The van der Waals surface area contributed by atoms with E-state index < -0.39 is 0 Å². The van der Waals surface area contributed by atoms with Crippen molar-refractivity contribution in [2.45, 2.75) is 27.3 Å². The predicted octanol–water partition coefficient (Wildman–Crippen LogP) is 3.93. The van der Waals surface area contributed by atoms with Crippen LogP contribution in [0.4, 0.5) is 10.5 Å². The first kappa shape index (κ1) is 14.1. The molecule has 0 saturated carbocycles. The summed E-state index contributed by atoms with van der Waals surface area (Å²) in [5.41, 5.74) is 5.54. The maximum Gasteiger partial charge on any atom is 0.319 e. The molecule has 2 rings (SSSR count). The quantitative estimate of drug-likeness (QED) is 0.870. The number of urea groups is 1. The van der Waals surface area contributed by atoms with Gasteiger partial charge in [-0.15, -0.1) is 0 Å². The Kier molecular flexibility index (Phi) is 4.41. The average molecular weight is 268 g/mol. The van der Waals surface area contributed by atoms with Crippen LogP contribution in [0.15, 0.2) is 42.5 Å². The molecule has 0 unspecified atom stereocenters. The monoisotopic (exact) mass is 268 g/mol. The Morgan fingerprint density at radius 3 is 2.15 bits per heavy atom. The van der Waals surface area contributed by atoms with E-state index in [9.17, 15) is 4.79 Å². The van der Waals surface area contributed by atoms with Gasteiger partial charge in [0.05, 0.1) is 0 Å². The minimum absolute atomic E-state index is 0.184. The molecule has 0 bridgehead atoms. The van der Waals surface area contributed by atoms with Crippen molar-refractivity contribution in [1.82, 2.24) is 5.32 Å². The second kappa shape index (κ2) is 6.24. The fraction of sp³-hybridized carbons (Fsp3) is 0.235. The molecule has 0 aliphatic heterocycles. The summed E-state index contributed by atoms with van der Waals surface area (Å²) in [4.78, 5) is 11.9. The summed E-state index contributed by atoms with van der Waals surface area (Å²) in [7, 11) is 0. The normalized spacial score (nSPS) is 10.2. The van der Waals surface area contributed by atoms with E-state index in [-0.39, 0.29) is 6.03 Å².